The zero-order chi connectivity index (χ0) is 9.84. The Morgan fingerprint density at radius 3 is 2.92 bits per heavy atom. The first-order valence-electron chi connectivity index (χ1n) is 4.21. The molecule has 1 rings (SSSR count). The fourth-order valence-electron chi connectivity index (χ4n) is 0.801. The smallest absolute Gasteiger partial charge is 0.111 e. The van der Waals surface area contributed by atoms with E-state index in [-0.39, 0.29) is 0 Å². The van der Waals surface area contributed by atoms with E-state index in [4.69, 9.17) is 5.73 Å². The highest BCUT2D eigenvalue weighted by atomic mass is 79.9. The van der Waals surface area contributed by atoms with Crippen molar-refractivity contribution in [3.63, 3.8) is 0 Å². The molecule has 1 aromatic rings. The van der Waals surface area contributed by atoms with Gasteiger partial charge in [0.15, 0.2) is 0 Å². The first kappa shape index (κ1) is 10.9. The third kappa shape index (κ3) is 3.19. The molecule has 1 aromatic heterocycles. The Bertz CT molecular complexity index is 291. The number of halogens is 1. The van der Waals surface area contributed by atoms with Crippen LogP contribution in [0.1, 0.15) is 20.3 Å². The fraction of sp³-hybridized carbons (Fsp3) is 0.444. The van der Waals surface area contributed by atoms with Crippen LogP contribution in [0.5, 0.6) is 0 Å². The van der Waals surface area contributed by atoms with Gasteiger partial charge in [-0.3, -0.25) is 0 Å². The number of nitrogens with zero attached hydrogens (tertiary/aromatic N) is 1. The largest absolute Gasteiger partial charge is 0.397 e. The van der Waals surface area contributed by atoms with Crippen LogP contribution in [0.25, 0.3) is 0 Å². The molecule has 13 heavy (non-hydrogen) atoms. The maximum atomic E-state index is 5.59. The van der Waals surface area contributed by atoms with E-state index < -0.39 is 0 Å². The molecule has 1 atom stereocenters. The molecule has 72 valence electrons. The van der Waals surface area contributed by atoms with Gasteiger partial charge in [-0.25, -0.2) is 4.98 Å². The van der Waals surface area contributed by atoms with Crippen molar-refractivity contribution in [1.29, 1.82) is 0 Å². The zero-order valence-corrected chi connectivity index (χ0v) is 10.2. The molecule has 1 heterocycles. The van der Waals surface area contributed by atoms with Gasteiger partial charge in [0.05, 0.1) is 16.4 Å². The normalized spacial score (nSPS) is 12.8. The van der Waals surface area contributed by atoms with Crippen LogP contribution in [0.2, 0.25) is 0 Å². The Balaban J connectivity index is 2.77. The lowest BCUT2D eigenvalue weighted by Gasteiger charge is -2.08. The summed E-state index contributed by atoms with van der Waals surface area (Å²) in [5.41, 5.74) is 6.28. The second-order valence-corrected chi connectivity index (χ2v) is 5.17. The number of anilines is 1. The molecule has 2 nitrogen and oxygen atoms in total. The maximum Gasteiger partial charge on any atom is 0.111 e. The number of hydrogen-bond donors (Lipinski definition) is 1. The van der Waals surface area contributed by atoms with Crippen LogP contribution in [0.15, 0.2) is 21.8 Å². The van der Waals surface area contributed by atoms with Crippen LogP contribution >= 0.6 is 27.7 Å². The molecular formula is C9H13BrN2S. The highest BCUT2D eigenvalue weighted by Crippen LogP contribution is 2.30. The first-order valence-corrected chi connectivity index (χ1v) is 5.88. The quantitative estimate of drug-likeness (QED) is 0.848. The minimum Gasteiger partial charge on any atom is -0.397 e. The van der Waals surface area contributed by atoms with Crippen LogP contribution < -0.4 is 5.73 Å². The van der Waals surface area contributed by atoms with Crippen molar-refractivity contribution in [2.24, 2.45) is 0 Å². The molecule has 0 aliphatic carbocycles. The van der Waals surface area contributed by atoms with Gasteiger partial charge in [0.25, 0.3) is 0 Å². The monoisotopic (exact) mass is 260 g/mol. The second kappa shape index (κ2) is 4.86. The highest BCUT2D eigenvalue weighted by molar-refractivity contribution is 9.10. The molecule has 0 saturated carbocycles. The van der Waals surface area contributed by atoms with E-state index in [1.165, 1.54) is 0 Å². The predicted molar refractivity (Wildman–Crippen MR) is 62.0 cm³/mol. The molecule has 4 heteroatoms. The number of aromatic nitrogens is 1. The summed E-state index contributed by atoms with van der Waals surface area (Å²) in [4.78, 5) is 4.26. The van der Waals surface area contributed by atoms with Crippen molar-refractivity contribution < 1.29 is 0 Å². The van der Waals surface area contributed by atoms with Gasteiger partial charge in [-0.2, -0.15) is 0 Å². The summed E-state index contributed by atoms with van der Waals surface area (Å²) in [6.45, 7) is 4.36. The number of rotatable bonds is 3. The highest BCUT2D eigenvalue weighted by Gasteiger charge is 2.06. The van der Waals surface area contributed by atoms with Crippen LogP contribution in [0.4, 0.5) is 5.69 Å². The molecule has 2 N–H and O–H groups in total. The Morgan fingerprint density at radius 1 is 1.69 bits per heavy atom. The van der Waals surface area contributed by atoms with Gasteiger partial charge in [-0.05, 0) is 28.4 Å². The summed E-state index contributed by atoms with van der Waals surface area (Å²) < 4.78 is 0.984. The van der Waals surface area contributed by atoms with E-state index in [0.29, 0.717) is 10.9 Å². The number of nitrogens with two attached hydrogens (primary N) is 1. The summed E-state index contributed by atoms with van der Waals surface area (Å²) in [6, 6.07) is 1.89. The fourth-order valence-corrected chi connectivity index (χ4v) is 2.28. The second-order valence-electron chi connectivity index (χ2n) is 2.89. The standard InChI is InChI=1S/C9H13BrN2S/c1-3-6(2)13-9-8(10)4-7(11)5-12-9/h4-6H,3,11H2,1-2H3. The molecule has 1 unspecified atom stereocenters. The van der Waals surface area contributed by atoms with Crippen molar-refractivity contribution in [3.8, 4) is 0 Å². The van der Waals surface area contributed by atoms with Gasteiger partial charge in [-0.15, -0.1) is 11.8 Å². The topological polar surface area (TPSA) is 38.9 Å². The van der Waals surface area contributed by atoms with Crippen LogP contribution in [0, 0.1) is 0 Å². The summed E-state index contributed by atoms with van der Waals surface area (Å²) in [6.07, 6.45) is 2.83. The zero-order valence-electron chi connectivity index (χ0n) is 7.75. The lowest BCUT2D eigenvalue weighted by atomic mass is 10.4. The van der Waals surface area contributed by atoms with Crippen LogP contribution in [-0.4, -0.2) is 10.2 Å². The summed E-state index contributed by atoms with van der Waals surface area (Å²) in [7, 11) is 0. The van der Waals surface area contributed by atoms with Gasteiger partial charge in [0, 0.05) is 5.25 Å². The Kier molecular flexibility index (Phi) is 4.06. The van der Waals surface area contributed by atoms with Gasteiger partial charge in [-0.1, -0.05) is 13.8 Å². The number of hydrogen-bond acceptors (Lipinski definition) is 3. The van der Waals surface area contributed by atoms with Gasteiger partial charge < -0.3 is 5.73 Å². The predicted octanol–water partition coefficient (Wildman–Crippen LogP) is 3.32. The molecule has 0 spiro atoms. The Labute approximate surface area is 91.4 Å². The van der Waals surface area contributed by atoms with E-state index in [9.17, 15) is 0 Å². The Morgan fingerprint density at radius 2 is 2.38 bits per heavy atom. The number of thioether (sulfide) groups is 1. The van der Waals surface area contributed by atoms with Crippen molar-refractivity contribution >= 4 is 33.4 Å². The van der Waals surface area contributed by atoms with Gasteiger partial charge in [0.1, 0.15) is 5.03 Å². The molecule has 0 aliphatic rings. The SMILES string of the molecule is CCC(C)Sc1ncc(N)cc1Br. The molecule has 0 aromatic carbocycles. The summed E-state index contributed by atoms with van der Waals surface area (Å²) in [5.74, 6) is 0. The maximum absolute atomic E-state index is 5.59. The van der Waals surface area contributed by atoms with Crippen LogP contribution in [-0.2, 0) is 0 Å². The van der Waals surface area contributed by atoms with Gasteiger partial charge in [0.2, 0.25) is 0 Å². The molecule has 0 radical (unpaired) electrons. The lowest BCUT2D eigenvalue weighted by molar-refractivity contribution is 0.900. The molecular weight excluding hydrogens is 248 g/mol. The van der Waals surface area contributed by atoms with Crippen molar-refractivity contribution in [2.45, 2.75) is 30.5 Å². The average Bonchev–Trinajstić information content (AvgIpc) is 2.09. The molecule has 0 amide bonds. The molecule has 0 fully saturated rings. The van der Waals surface area contributed by atoms with E-state index in [1.807, 2.05) is 6.07 Å². The van der Waals surface area contributed by atoms with Gasteiger partial charge >= 0.3 is 0 Å². The van der Waals surface area contributed by atoms with E-state index in [0.717, 1.165) is 15.9 Å². The molecule has 0 aliphatic heterocycles. The summed E-state index contributed by atoms with van der Waals surface area (Å²) >= 11 is 5.21. The minimum absolute atomic E-state index is 0.590. The number of nitrogen functional groups attached to an aromatic ring is 1. The minimum atomic E-state index is 0.590. The molecule has 0 bridgehead atoms. The average molecular weight is 261 g/mol. The van der Waals surface area contributed by atoms with Crippen LogP contribution in [0.3, 0.4) is 0 Å². The Hall–Kier alpha value is -0.220. The van der Waals surface area contributed by atoms with Crippen molar-refractivity contribution in [3.05, 3.63) is 16.7 Å². The molecule has 0 saturated heterocycles. The third-order valence-corrected chi connectivity index (χ3v) is 3.87. The van der Waals surface area contributed by atoms with Crippen molar-refractivity contribution in [1.82, 2.24) is 4.98 Å². The first-order chi connectivity index (χ1) is 6.13. The summed E-state index contributed by atoms with van der Waals surface area (Å²) in [5, 5.41) is 1.61. The lowest BCUT2D eigenvalue weighted by Crippen LogP contribution is -1.95. The van der Waals surface area contributed by atoms with E-state index in [1.54, 1.807) is 18.0 Å². The third-order valence-electron chi connectivity index (χ3n) is 1.72. The van der Waals surface area contributed by atoms with Crippen molar-refractivity contribution in [2.75, 3.05) is 5.73 Å². The van der Waals surface area contributed by atoms with E-state index >= 15 is 0 Å². The number of pyridine rings is 1. The van der Waals surface area contributed by atoms with E-state index in [2.05, 4.69) is 34.8 Å².